The van der Waals surface area contributed by atoms with Gasteiger partial charge in [0.15, 0.2) is 0 Å². The number of nitro benzene ring substituents is 1. The Kier molecular flexibility index (Phi) is 3.87. The van der Waals surface area contributed by atoms with Crippen LogP contribution in [0, 0.1) is 10.1 Å². The van der Waals surface area contributed by atoms with Crippen LogP contribution in [0.25, 0.3) is 0 Å². The zero-order valence-corrected chi connectivity index (χ0v) is 11.7. The highest BCUT2D eigenvalue weighted by Crippen LogP contribution is 2.31. The highest BCUT2D eigenvalue weighted by Gasteiger charge is 2.28. The van der Waals surface area contributed by atoms with Crippen LogP contribution in [0.1, 0.15) is 25.7 Å². The lowest BCUT2D eigenvalue weighted by Crippen LogP contribution is -2.44. The first-order chi connectivity index (χ1) is 9.75. The van der Waals surface area contributed by atoms with Crippen molar-refractivity contribution in [1.29, 1.82) is 0 Å². The summed E-state index contributed by atoms with van der Waals surface area (Å²) in [7, 11) is 0. The molecule has 5 nitrogen and oxygen atoms in total. The van der Waals surface area contributed by atoms with Gasteiger partial charge in [-0.2, -0.15) is 0 Å². The van der Waals surface area contributed by atoms with Gasteiger partial charge in [-0.1, -0.05) is 12.1 Å². The third-order valence-electron chi connectivity index (χ3n) is 4.54. The molecule has 108 valence electrons. The van der Waals surface area contributed by atoms with Crippen molar-refractivity contribution >= 4 is 11.4 Å². The molecule has 2 fully saturated rings. The molecule has 2 aliphatic heterocycles. The van der Waals surface area contributed by atoms with Gasteiger partial charge in [-0.3, -0.25) is 10.1 Å². The summed E-state index contributed by atoms with van der Waals surface area (Å²) in [6.07, 6.45) is 4.88. The molecule has 5 heteroatoms. The van der Waals surface area contributed by atoms with E-state index in [2.05, 4.69) is 9.80 Å². The fraction of sp³-hybridized carbons (Fsp3) is 0.600. The van der Waals surface area contributed by atoms with Gasteiger partial charge in [0, 0.05) is 25.2 Å². The molecule has 2 aliphatic rings. The Balaban J connectivity index is 1.67. The summed E-state index contributed by atoms with van der Waals surface area (Å²) in [5.41, 5.74) is 1.00. The van der Waals surface area contributed by atoms with Crippen LogP contribution < -0.4 is 4.90 Å². The highest BCUT2D eigenvalue weighted by molar-refractivity contribution is 5.63. The van der Waals surface area contributed by atoms with E-state index in [1.54, 1.807) is 12.1 Å². The van der Waals surface area contributed by atoms with E-state index < -0.39 is 0 Å². The Labute approximate surface area is 119 Å². The summed E-state index contributed by atoms with van der Waals surface area (Å²) < 4.78 is 0. The molecule has 0 spiro atoms. The average Bonchev–Trinajstić information content (AvgIpc) is 3.02. The number of nitrogens with zero attached hydrogens (tertiary/aromatic N) is 3. The predicted octanol–water partition coefficient (Wildman–Crippen LogP) is 2.66. The molecule has 1 aromatic rings. The maximum atomic E-state index is 11.1. The van der Waals surface area contributed by atoms with E-state index in [4.69, 9.17) is 0 Å². The second-order valence-electron chi connectivity index (χ2n) is 5.71. The van der Waals surface area contributed by atoms with Crippen LogP contribution in [0.2, 0.25) is 0 Å². The number of para-hydroxylation sites is 2. The normalized spacial score (nSPS) is 21.3. The first-order valence-electron chi connectivity index (χ1n) is 7.48. The van der Waals surface area contributed by atoms with E-state index >= 15 is 0 Å². The summed E-state index contributed by atoms with van der Waals surface area (Å²) in [6, 6.07) is 7.76. The van der Waals surface area contributed by atoms with Crippen LogP contribution in [0.3, 0.4) is 0 Å². The van der Waals surface area contributed by atoms with Crippen LogP contribution in [-0.4, -0.2) is 42.0 Å². The maximum Gasteiger partial charge on any atom is 0.292 e. The Bertz CT molecular complexity index is 478. The number of benzene rings is 1. The predicted molar refractivity (Wildman–Crippen MR) is 79.1 cm³/mol. The van der Waals surface area contributed by atoms with Gasteiger partial charge in [0.1, 0.15) is 5.69 Å². The first-order valence-corrected chi connectivity index (χ1v) is 7.48. The zero-order chi connectivity index (χ0) is 13.9. The minimum atomic E-state index is -0.276. The number of hydrogen-bond donors (Lipinski definition) is 0. The quantitative estimate of drug-likeness (QED) is 0.628. The summed E-state index contributed by atoms with van der Waals surface area (Å²) >= 11 is 0. The van der Waals surface area contributed by atoms with E-state index in [9.17, 15) is 10.1 Å². The van der Waals surface area contributed by atoms with Crippen LogP contribution in [-0.2, 0) is 0 Å². The number of likely N-dealkylation sites (tertiary alicyclic amines) is 1. The number of rotatable bonds is 3. The third kappa shape index (κ3) is 2.63. The van der Waals surface area contributed by atoms with Gasteiger partial charge < -0.3 is 9.80 Å². The molecule has 0 aromatic heterocycles. The van der Waals surface area contributed by atoms with Gasteiger partial charge in [0.2, 0.25) is 0 Å². The van der Waals surface area contributed by atoms with Crippen molar-refractivity contribution in [3.63, 3.8) is 0 Å². The molecule has 0 aliphatic carbocycles. The topological polar surface area (TPSA) is 49.6 Å². The number of anilines is 1. The smallest absolute Gasteiger partial charge is 0.292 e. The van der Waals surface area contributed by atoms with Gasteiger partial charge in [0.05, 0.1) is 4.92 Å². The number of hydrogen-bond acceptors (Lipinski definition) is 4. The number of piperidine rings is 1. The lowest BCUT2D eigenvalue weighted by molar-refractivity contribution is -0.384. The fourth-order valence-electron chi connectivity index (χ4n) is 3.46. The standard InChI is InChI=1S/C15H21N3O2/c19-18(20)15-6-2-1-5-14(15)17-11-7-13(8-12-17)16-9-3-4-10-16/h1-2,5-6,13H,3-4,7-12H2. The molecule has 0 N–H and O–H groups in total. The second kappa shape index (κ2) is 5.79. The van der Waals surface area contributed by atoms with Gasteiger partial charge in [0.25, 0.3) is 5.69 Å². The molecule has 2 heterocycles. The second-order valence-corrected chi connectivity index (χ2v) is 5.71. The Hall–Kier alpha value is -1.62. The minimum Gasteiger partial charge on any atom is -0.366 e. The fourth-order valence-corrected chi connectivity index (χ4v) is 3.46. The lowest BCUT2D eigenvalue weighted by Gasteiger charge is -2.37. The molecular formula is C15H21N3O2. The molecular weight excluding hydrogens is 254 g/mol. The molecule has 3 rings (SSSR count). The summed E-state index contributed by atoms with van der Waals surface area (Å²) in [4.78, 5) is 15.6. The van der Waals surface area contributed by atoms with Crippen molar-refractivity contribution in [2.24, 2.45) is 0 Å². The molecule has 1 aromatic carbocycles. The summed E-state index contributed by atoms with van der Waals surface area (Å²) in [6.45, 7) is 4.31. The van der Waals surface area contributed by atoms with E-state index in [1.165, 1.54) is 25.9 Å². The van der Waals surface area contributed by atoms with Crippen LogP contribution >= 0.6 is 0 Å². The maximum absolute atomic E-state index is 11.1. The van der Waals surface area contributed by atoms with Crippen LogP contribution in [0.15, 0.2) is 24.3 Å². The van der Waals surface area contributed by atoms with Gasteiger partial charge in [-0.05, 0) is 44.8 Å². The molecule has 0 bridgehead atoms. The van der Waals surface area contributed by atoms with Crippen LogP contribution in [0.4, 0.5) is 11.4 Å². The molecule has 0 radical (unpaired) electrons. The molecule has 0 amide bonds. The SMILES string of the molecule is O=[N+]([O-])c1ccccc1N1CCC(N2CCCC2)CC1. The molecule has 2 saturated heterocycles. The lowest BCUT2D eigenvalue weighted by atomic mass is 10.0. The van der Waals surface area contributed by atoms with Gasteiger partial charge in [-0.25, -0.2) is 0 Å². The van der Waals surface area contributed by atoms with Crippen LogP contribution in [0.5, 0.6) is 0 Å². The summed E-state index contributed by atoms with van der Waals surface area (Å²) in [5.74, 6) is 0. The van der Waals surface area contributed by atoms with Crippen molar-refractivity contribution in [1.82, 2.24) is 4.90 Å². The average molecular weight is 275 g/mol. The minimum absolute atomic E-state index is 0.229. The molecule has 20 heavy (non-hydrogen) atoms. The monoisotopic (exact) mass is 275 g/mol. The van der Waals surface area contributed by atoms with E-state index in [0.717, 1.165) is 31.6 Å². The largest absolute Gasteiger partial charge is 0.366 e. The van der Waals surface area contributed by atoms with E-state index in [-0.39, 0.29) is 10.6 Å². The Morgan fingerprint density at radius 2 is 1.70 bits per heavy atom. The molecule has 0 unspecified atom stereocenters. The number of nitro groups is 1. The van der Waals surface area contributed by atoms with Gasteiger partial charge >= 0.3 is 0 Å². The van der Waals surface area contributed by atoms with Crippen molar-refractivity contribution in [3.8, 4) is 0 Å². The first kappa shape index (κ1) is 13.4. The Morgan fingerprint density at radius 3 is 2.35 bits per heavy atom. The zero-order valence-electron chi connectivity index (χ0n) is 11.7. The van der Waals surface area contributed by atoms with E-state index in [1.807, 2.05) is 12.1 Å². The highest BCUT2D eigenvalue weighted by atomic mass is 16.6. The molecule has 0 saturated carbocycles. The van der Waals surface area contributed by atoms with Gasteiger partial charge in [-0.15, -0.1) is 0 Å². The van der Waals surface area contributed by atoms with E-state index in [0.29, 0.717) is 6.04 Å². The summed E-state index contributed by atoms with van der Waals surface area (Å²) in [5, 5.41) is 11.1. The van der Waals surface area contributed by atoms with Crippen molar-refractivity contribution < 1.29 is 4.92 Å². The molecule has 0 atom stereocenters. The third-order valence-corrected chi connectivity index (χ3v) is 4.54. The van der Waals surface area contributed by atoms with Crippen molar-refractivity contribution in [2.75, 3.05) is 31.1 Å². The van der Waals surface area contributed by atoms with Crippen molar-refractivity contribution in [2.45, 2.75) is 31.7 Å². The van der Waals surface area contributed by atoms with Crippen molar-refractivity contribution in [3.05, 3.63) is 34.4 Å². The Morgan fingerprint density at radius 1 is 1.05 bits per heavy atom.